The fourth-order valence-corrected chi connectivity index (χ4v) is 5.02. The summed E-state index contributed by atoms with van der Waals surface area (Å²) in [5, 5.41) is 8.10. The van der Waals surface area contributed by atoms with Crippen LogP contribution in [-0.2, 0) is 14.3 Å². The van der Waals surface area contributed by atoms with Gasteiger partial charge in [0.1, 0.15) is 11.3 Å². The van der Waals surface area contributed by atoms with Crippen LogP contribution in [0.15, 0.2) is 43.1 Å². The molecule has 4 heterocycles. The molecule has 0 radical (unpaired) electrons. The minimum atomic E-state index is -0.0764. The molecule has 0 amide bonds. The largest absolute Gasteiger partial charge is 0.495 e. The van der Waals surface area contributed by atoms with Crippen molar-refractivity contribution in [2.45, 2.75) is 31.4 Å². The Hall–Kier alpha value is -3.27. The normalized spacial score (nSPS) is 21.2. The molecule has 3 aromatic rings. The van der Waals surface area contributed by atoms with Gasteiger partial charge in [-0.1, -0.05) is 30.3 Å². The first-order valence-corrected chi connectivity index (χ1v) is 12.8. The van der Waals surface area contributed by atoms with E-state index in [4.69, 9.17) is 35.8 Å². The van der Waals surface area contributed by atoms with Gasteiger partial charge < -0.3 is 24.8 Å². The molecule has 5 rings (SSSR count). The van der Waals surface area contributed by atoms with Crippen molar-refractivity contribution >= 4 is 40.1 Å². The number of ketones is 1. The molecule has 2 aliphatic heterocycles. The second kappa shape index (κ2) is 11.4. The van der Waals surface area contributed by atoms with Gasteiger partial charge in [-0.2, -0.15) is 0 Å². The summed E-state index contributed by atoms with van der Waals surface area (Å²) in [4.78, 5) is 26.2. The van der Waals surface area contributed by atoms with Crippen molar-refractivity contribution in [3.05, 3.63) is 48.1 Å². The molecule has 0 saturated carbocycles. The lowest BCUT2D eigenvalue weighted by atomic mass is 9.97. The highest BCUT2D eigenvalue weighted by atomic mass is 35.5. The second-order valence-corrected chi connectivity index (χ2v) is 9.63. The molecule has 2 aromatic heterocycles. The minimum Gasteiger partial charge on any atom is -0.495 e. The Morgan fingerprint density at radius 1 is 1.32 bits per heavy atom. The maximum absolute atomic E-state index is 11.9. The zero-order chi connectivity index (χ0) is 25.8. The van der Waals surface area contributed by atoms with Gasteiger partial charge >= 0.3 is 0 Å². The molecule has 9 nitrogen and oxygen atoms in total. The van der Waals surface area contributed by atoms with Gasteiger partial charge in [0.2, 0.25) is 5.95 Å². The predicted octanol–water partition coefficient (Wildman–Crippen LogP) is 4.52. The Morgan fingerprint density at radius 2 is 2.22 bits per heavy atom. The van der Waals surface area contributed by atoms with Crippen LogP contribution in [0, 0.1) is 5.92 Å². The molecule has 2 fully saturated rings. The van der Waals surface area contributed by atoms with Gasteiger partial charge in [-0.05, 0) is 31.1 Å². The summed E-state index contributed by atoms with van der Waals surface area (Å²) in [5.74, 6) is 1.67. The summed E-state index contributed by atoms with van der Waals surface area (Å²) in [6.07, 6.45) is 5.66. The zero-order valence-corrected chi connectivity index (χ0v) is 21.5. The maximum atomic E-state index is 11.9. The third-order valence-electron chi connectivity index (χ3n) is 6.75. The standard InChI is InChI=1S/C27H30ClN5O4/c1-3-18(34)10-17-14-36-15-22(17)32-27-30-12-16-11-21(20-7-4-8-23(35-2)24(20)28)31-26(25(16)33-27)29-13-19-6-5-9-37-19/h3-4,7-8,11-12,17,19,22H,1,5-6,9-10,13-15H2,2H3,(H,29,31)(H,30,32,33)/t17-,19?,22+/m0/s1. The third-order valence-corrected chi connectivity index (χ3v) is 7.14. The number of nitrogens with zero attached hydrogens (tertiary/aromatic N) is 3. The number of hydrogen-bond donors (Lipinski definition) is 2. The Labute approximate surface area is 220 Å². The first kappa shape index (κ1) is 25.4. The predicted molar refractivity (Wildman–Crippen MR) is 143 cm³/mol. The summed E-state index contributed by atoms with van der Waals surface area (Å²) in [6.45, 7) is 5.95. The number of carbonyl (C=O) groups excluding carboxylic acids is 1. The van der Waals surface area contributed by atoms with E-state index in [0.717, 1.165) is 30.4 Å². The number of nitrogens with one attached hydrogen (secondary N) is 2. The van der Waals surface area contributed by atoms with Crippen LogP contribution in [0.5, 0.6) is 5.75 Å². The molecule has 10 heteroatoms. The van der Waals surface area contributed by atoms with Gasteiger partial charge in [0, 0.05) is 42.6 Å². The smallest absolute Gasteiger partial charge is 0.223 e. The molecule has 2 N–H and O–H groups in total. The van der Waals surface area contributed by atoms with Gasteiger partial charge in [0.25, 0.3) is 0 Å². The van der Waals surface area contributed by atoms with Crippen LogP contribution >= 0.6 is 11.6 Å². The van der Waals surface area contributed by atoms with E-state index in [0.29, 0.717) is 59.9 Å². The number of methoxy groups -OCH3 is 1. The molecule has 1 unspecified atom stereocenters. The molecule has 0 spiro atoms. The molecule has 0 aliphatic carbocycles. The fourth-order valence-electron chi connectivity index (χ4n) is 4.72. The number of benzene rings is 1. The lowest BCUT2D eigenvalue weighted by molar-refractivity contribution is -0.115. The van der Waals surface area contributed by atoms with Crippen molar-refractivity contribution in [1.29, 1.82) is 0 Å². The third kappa shape index (κ3) is 5.69. The molecular weight excluding hydrogens is 494 g/mol. The van der Waals surface area contributed by atoms with Crippen molar-refractivity contribution in [1.82, 2.24) is 15.0 Å². The highest BCUT2D eigenvalue weighted by Crippen LogP contribution is 2.36. The number of pyridine rings is 1. The van der Waals surface area contributed by atoms with Crippen molar-refractivity contribution in [2.75, 3.05) is 44.1 Å². The minimum absolute atomic E-state index is 0.00437. The quantitative estimate of drug-likeness (QED) is 0.371. The van der Waals surface area contributed by atoms with E-state index >= 15 is 0 Å². The number of anilines is 2. The van der Waals surface area contributed by atoms with E-state index in [9.17, 15) is 4.79 Å². The van der Waals surface area contributed by atoms with E-state index in [1.165, 1.54) is 6.08 Å². The summed E-state index contributed by atoms with van der Waals surface area (Å²) in [6, 6.07) is 7.44. The summed E-state index contributed by atoms with van der Waals surface area (Å²) in [5.41, 5.74) is 2.11. The van der Waals surface area contributed by atoms with E-state index < -0.39 is 0 Å². The van der Waals surface area contributed by atoms with Gasteiger partial charge in [-0.15, -0.1) is 0 Å². The number of aromatic nitrogens is 3. The zero-order valence-electron chi connectivity index (χ0n) is 20.7. The Balaban J connectivity index is 1.48. The fraction of sp³-hybridized carbons (Fsp3) is 0.407. The molecule has 37 heavy (non-hydrogen) atoms. The van der Waals surface area contributed by atoms with Crippen molar-refractivity contribution < 1.29 is 19.0 Å². The Kier molecular flexibility index (Phi) is 7.83. The lowest BCUT2D eigenvalue weighted by Gasteiger charge is -2.19. The Morgan fingerprint density at radius 3 is 3.00 bits per heavy atom. The van der Waals surface area contributed by atoms with Crippen molar-refractivity contribution in [2.24, 2.45) is 5.92 Å². The van der Waals surface area contributed by atoms with Gasteiger partial charge in [-0.3, -0.25) is 4.79 Å². The number of halogens is 1. The SMILES string of the molecule is C=CC(=O)C[C@H]1COC[C@H]1Nc1ncc2cc(-c3cccc(OC)c3Cl)nc(NCC3CCCO3)c2n1. The van der Waals surface area contributed by atoms with E-state index in [-0.39, 0.29) is 23.8 Å². The van der Waals surface area contributed by atoms with Gasteiger partial charge in [0.05, 0.1) is 43.2 Å². The van der Waals surface area contributed by atoms with Crippen LogP contribution in [0.1, 0.15) is 19.3 Å². The monoisotopic (exact) mass is 523 g/mol. The van der Waals surface area contributed by atoms with E-state index in [1.807, 2.05) is 24.3 Å². The average molecular weight is 524 g/mol. The number of ether oxygens (including phenoxy) is 3. The number of carbonyl (C=O) groups is 1. The summed E-state index contributed by atoms with van der Waals surface area (Å²) >= 11 is 6.62. The van der Waals surface area contributed by atoms with Crippen LogP contribution < -0.4 is 15.4 Å². The molecule has 2 aliphatic rings. The number of fused-ring (bicyclic) bond motifs is 1. The average Bonchev–Trinajstić information content (AvgIpc) is 3.59. The first-order chi connectivity index (χ1) is 18.1. The van der Waals surface area contributed by atoms with Crippen LogP contribution in [0.4, 0.5) is 11.8 Å². The maximum Gasteiger partial charge on any atom is 0.223 e. The van der Waals surface area contributed by atoms with Crippen LogP contribution in [-0.4, -0.2) is 66.4 Å². The Bertz CT molecular complexity index is 1300. The summed E-state index contributed by atoms with van der Waals surface area (Å²) in [7, 11) is 1.59. The molecule has 194 valence electrons. The molecule has 3 atom stereocenters. The lowest BCUT2D eigenvalue weighted by Crippen LogP contribution is -2.30. The van der Waals surface area contributed by atoms with E-state index in [1.54, 1.807) is 13.3 Å². The molecule has 0 bridgehead atoms. The second-order valence-electron chi connectivity index (χ2n) is 9.25. The number of rotatable bonds is 10. The molecule has 1 aromatic carbocycles. The number of allylic oxidation sites excluding steroid dienone is 1. The van der Waals surface area contributed by atoms with Crippen LogP contribution in [0.2, 0.25) is 5.02 Å². The van der Waals surface area contributed by atoms with Crippen LogP contribution in [0.3, 0.4) is 0 Å². The topological polar surface area (TPSA) is 107 Å². The van der Waals surface area contributed by atoms with Crippen molar-refractivity contribution in [3.63, 3.8) is 0 Å². The molecule has 2 saturated heterocycles. The van der Waals surface area contributed by atoms with Crippen LogP contribution in [0.25, 0.3) is 22.2 Å². The first-order valence-electron chi connectivity index (χ1n) is 12.4. The van der Waals surface area contributed by atoms with Gasteiger partial charge in [0.15, 0.2) is 11.6 Å². The van der Waals surface area contributed by atoms with Gasteiger partial charge in [-0.25, -0.2) is 15.0 Å². The highest BCUT2D eigenvalue weighted by molar-refractivity contribution is 6.34. The highest BCUT2D eigenvalue weighted by Gasteiger charge is 2.30. The summed E-state index contributed by atoms with van der Waals surface area (Å²) < 4.78 is 16.8. The van der Waals surface area contributed by atoms with Crippen molar-refractivity contribution in [3.8, 4) is 17.0 Å². The number of hydrogen-bond acceptors (Lipinski definition) is 9. The van der Waals surface area contributed by atoms with E-state index in [2.05, 4.69) is 22.2 Å². The molecular formula is C27H30ClN5O4.